The average Bonchev–Trinajstić information content (AvgIpc) is 2.24. The molecule has 0 saturated carbocycles. The molecule has 0 aliphatic carbocycles. The third-order valence-electron chi connectivity index (χ3n) is 3.44. The summed E-state index contributed by atoms with van der Waals surface area (Å²) in [6, 6.07) is -0.394. The fraction of sp³-hybridized carbons (Fsp3) is 0.917. The Balaban J connectivity index is 4.48. The van der Waals surface area contributed by atoms with E-state index in [9.17, 15) is 4.79 Å². The first-order chi connectivity index (χ1) is 6.92. The van der Waals surface area contributed by atoms with Crippen molar-refractivity contribution in [3.63, 3.8) is 0 Å². The monoisotopic (exact) mass is 214 g/mol. The van der Waals surface area contributed by atoms with Crippen molar-refractivity contribution in [2.24, 2.45) is 11.7 Å². The van der Waals surface area contributed by atoms with Gasteiger partial charge in [-0.1, -0.05) is 34.6 Å². The molecule has 0 radical (unpaired) electrons. The third-order valence-corrected chi connectivity index (χ3v) is 3.44. The predicted molar refractivity (Wildman–Crippen MR) is 64.6 cm³/mol. The van der Waals surface area contributed by atoms with Crippen molar-refractivity contribution >= 4 is 5.91 Å². The number of carbonyl (C=O) groups excluding carboxylic acids is 1. The smallest absolute Gasteiger partial charge is 0.237 e. The molecule has 3 nitrogen and oxygen atoms in total. The van der Waals surface area contributed by atoms with E-state index in [1.165, 1.54) is 0 Å². The molecule has 3 N–H and O–H groups in total. The Hall–Kier alpha value is -0.570. The molecule has 0 heterocycles. The number of hydrogen-bond donors (Lipinski definition) is 2. The van der Waals surface area contributed by atoms with Gasteiger partial charge < -0.3 is 11.1 Å². The van der Waals surface area contributed by atoms with E-state index in [1.54, 1.807) is 0 Å². The van der Waals surface area contributed by atoms with Gasteiger partial charge in [0, 0.05) is 5.54 Å². The van der Waals surface area contributed by atoms with E-state index in [1.807, 2.05) is 13.8 Å². The van der Waals surface area contributed by atoms with Gasteiger partial charge in [0.05, 0.1) is 6.04 Å². The fourth-order valence-corrected chi connectivity index (χ4v) is 1.66. The van der Waals surface area contributed by atoms with Crippen molar-refractivity contribution in [3.8, 4) is 0 Å². The molecule has 0 spiro atoms. The van der Waals surface area contributed by atoms with Crippen LogP contribution in [0.25, 0.3) is 0 Å². The highest BCUT2D eigenvalue weighted by molar-refractivity contribution is 5.82. The summed E-state index contributed by atoms with van der Waals surface area (Å²) in [4.78, 5) is 11.8. The molecule has 0 saturated heterocycles. The van der Waals surface area contributed by atoms with Crippen LogP contribution in [0.1, 0.15) is 53.9 Å². The molecule has 0 aliphatic heterocycles. The summed E-state index contributed by atoms with van der Waals surface area (Å²) in [6.07, 6.45) is 2.86. The van der Waals surface area contributed by atoms with Gasteiger partial charge >= 0.3 is 0 Å². The Morgan fingerprint density at radius 1 is 1.20 bits per heavy atom. The van der Waals surface area contributed by atoms with E-state index >= 15 is 0 Å². The molecule has 1 atom stereocenters. The molecule has 0 aromatic heterocycles. The van der Waals surface area contributed by atoms with E-state index in [0.717, 1.165) is 19.3 Å². The first-order valence-corrected chi connectivity index (χ1v) is 6.00. The topological polar surface area (TPSA) is 55.1 Å². The summed E-state index contributed by atoms with van der Waals surface area (Å²) < 4.78 is 0. The third kappa shape index (κ3) is 3.82. The molecular formula is C12H26N2O. The van der Waals surface area contributed by atoms with Gasteiger partial charge in [-0.25, -0.2) is 0 Å². The highest BCUT2D eigenvalue weighted by Gasteiger charge is 2.28. The van der Waals surface area contributed by atoms with Crippen molar-refractivity contribution in [1.29, 1.82) is 0 Å². The molecule has 0 bridgehead atoms. The Labute approximate surface area is 93.8 Å². The standard InChI is InChI=1S/C12H26N2O/c1-6-12(7-2,8-3)14-11(15)10(13)9(4)5/h9-10H,6-8,13H2,1-5H3,(H,14,15)/t10-/m1/s1. The van der Waals surface area contributed by atoms with Gasteiger partial charge in [0.2, 0.25) is 5.91 Å². The van der Waals surface area contributed by atoms with Gasteiger partial charge in [0.15, 0.2) is 0 Å². The number of nitrogens with two attached hydrogens (primary N) is 1. The lowest BCUT2D eigenvalue weighted by molar-refractivity contribution is -0.125. The molecule has 0 unspecified atom stereocenters. The lowest BCUT2D eigenvalue weighted by Crippen LogP contribution is -2.54. The van der Waals surface area contributed by atoms with Crippen LogP contribution in [0.3, 0.4) is 0 Å². The number of nitrogens with one attached hydrogen (secondary N) is 1. The highest BCUT2D eigenvalue weighted by atomic mass is 16.2. The second-order valence-electron chi connectivity index (χ2n) is 4.60. The summed E-state index contributed by atoms with van der Waals surface area (Å²) >= 11 is 0. The maximum absolute atomic E-state index is 11.8. The first-order valence-electron chi connectivity index (χ1n) is 6.00. The molecule has 3 heteroatoms. The van der Waals surface area contributed by atoms with E-state index < -0.39 is 6.04 Å². The van der Waals surface area contributed by atoms with Crippen molar-refractivity contribution in [2.75, 3.05) is 0 Å². The summed E-state index contributed by atoms with van der Waals surface area (Å²) in [6.45, 7) is 10.3. The molecule has 15 heavy (non-hydrogen) atoms. The minimum atomic E-state index is -0.394. The zero-order valence-corrected chi connectivity index (χ0v) is 10.8. The van der Waals surface area contributed by atoms with Crippen LogP contribution >= 0.6 is 0 Å². The lowest BCUT2D eigenvalue weighted by atomic mass is 9.89. The van der Waals surface area contributed by atoms with Crippen molar-refractivity contribution in [2.45, 2.75) is 65.5 Å². The molecule has 0 aromatic carbocycles. The molecule has 0 fully saturated rings. The summed E-state index contributed by atoms with van der Waals surface area (Å²) in [5.74, 6) is 0.170. The Kier molecular flexibility index (Phi) is 5.88. The Bertz CT molecular complexity index is 190. The SMILES string of the molecule is CCC(CC)(CC)NC(=O)[C@H](N)C(C)C. The number of rotatable bonds is 6. The number of hydrogen-bond acceptors (Lipinski definition) is 2. The van der Waals surface area contributed by atoms with Crippen LogP contribution in [-0.4, -0.2) is 17.5 Å². The van der Waals surface area contributed by atoms with E-state index in [2.05, 4.69) is 26.1 Å². The molecule has 0 aromatic rings. The van der Waals surface area contributed by atoms with E-state index in [4.69, 9.17) is 5.73 Å². The quantitative estimate of drug-likeness (QED) is 0.711. The van der Waals surface area contributed by atoms with Crippen molar-refractivity contribution in [1.82, 2.24) is 5.32 Å². The van der Waals surface area contributed by atoms with Gasteiger partial charge in [-0.2, -0.15) is 0 Å². The van der Waals surface area contributed by atoms with E-state index in [0.29, 0.717) is 0 Å². The molecule has 1 amide bonds. The number of amides is 1. The maximum Gasteiger partial charge on any atom is 0.237 e. The van der Waals surface area contributed by atoms with Crippen LogP contribution in [0.2, 0.25) is 0 Å². The van der Waals surface area contributed by atoms with Gasteiger partial charge in [-0.05, 0) is 25.2 Å². The Morgan fingerprint density at radius 2 is 1.60 bits per heavy atom. The van der Waals surface area contributed by atoms with Gasteiger partial charge in [-0.3, -0.25) is 4.79 Å². The molecule has 90 valence electrons. The van der Waals surface area contributed by atoms with Gasteiger partial charge in [-0.15, -0.1) is 0 Å². The lowest BCUT2D eigenvalue weighted by Gasteiger charge is -2.33. The summed E-state index contributed by atoms with van der Waals surface area (Å²) in [5, 5.41) is 3.10. The number of carbonyl (C=O) groups is 1. The fourth-order valence-electron chi connectivity index (χ4n) is 1.66. The van der Waals surface area contributed by atoms with Crippen molar-refractivity contribution in [3.05, 3.63) is 0 Å². The summed E-state index contributed by atoms with van der Waals surface area (Å²) in [5.41, 5.74) is 5.75. The maximum atomic E-state index is 11.8. The van der Waals surface area contributed by atoms with E-state index in [-0.39, 0.29) is 17.4 Å². The predicted octanol–water partition coefficient (Wildman–Crippen LogP) is 2.05. The minimum Gasteiger partial charge on any atom is -0.349 e. The van der Waals surface area contributed by atoms with Crippen molar-refractivity contribution < 1.29 is 4.79 Å². The summed E-state index contributed by atoms with van der Waals surface area (Å²) in [7, 11) is 0. The first kappa shape index (κ1) is 14.4. The van der Waals surface area contributed by atoms with Crippen LogP contribution in [0.4, 0.5) is 0 Å². The van der Waals surface area contributed by atoms with Crippen LogP contribution in [0, 0.1) is 5.92 Å². The Morgan fingerprint density at radius 3 is 1.87 bits per heavy atom. The normalized spacial score (nSPS) is 14.1. The molecular weight excluding hydrogens is 188 g/mol. The molecule has 0 rings (SSSR count). The average molecular weight is 214 g/mol. The van der Waals surface area contributed by atoms with Gasteiger partial charge in [0.25, 0.3) is 0 Å². The largest absolute Gasteiger partial charge is 0.349 e. The second kappa shape index (κ2) is 6.11. The zero-order valence-electron chi connectivity index (χ0n) is 10.8. The van der Waals surface area contributed by atoms with Crippen LogP contribution < -0.4 is 11.1 Å². The molecule has 0 aliphatic rings. The van der Waals surface area contributed by atoms with Crippen LogP contribution in [-0.2, 0) is 4.79 Å². The van der Waals surface area contributed by atoms with Crippen LogP contribution in [0.15, 0.2) is 0 Å². The van der Waals surface area contributed by atoms with Crippen LogP contribution in [0.5, 0.6) is 0 Å². The highest BCUT2D eigenvalue weighted by Crippen LogP contribution is 2.19. The second-order valence-corrected chi connectivity index (χ2v) is 4.60. The minimum absolute atomic E-state index is 0.0180. The zero-order chi connectivity index (χ0) is 12.1. The van der Waals surface area contributed by atoms with Gasteiger partial charge in [0.1, 0.15) is 0 Å².